The molecular weight excluding hydrogens is 140 g/mol. The zero-order chi connectivity index (χ0) is 8.65. The van der Waals surface area contributed by atoms with Gasteiger partial charge in [0.15, 0.2) is 5.78 Å². The summed E-state index contributed by atoms with van der Waals surface area (Å²) in [6.07, 6.45) is 1.19. The Labute approximate surface area is 67.6 Å². The number of aliphatic hydroxyl groups excluding tert-OH is 1. The molecule has 2 heteroatoms. The van der Waals surface area contributed by atoms with Crippen LogP contribution >= 0.6 is 0 Å². The van der Waals surface area contributed by atoms with Crippen molar-refractivity contribution in [1.29, 1.82) is 0 Å². The molecule has 1 saturated carbocycles. The zero-order valence-corrected chi connectivity index (χ0v) is 7.42. The van der Waals surface area contributed by atoms with Crippen LogP contribution in [0.15, 0.2) is 0 Å². The molecule has 1 N–H and O–H groups in total. The van der Waals surface area contributed by atoms with Crippen LogP contribution in [0.1, 0.15) is 33.6 Å². The van der Waals surface area contributed by atoms with E-state index in [1.54, 1.807) is 0 Å². The lowest BCUT2D eigenvalue weighted by molar-refractivity contribution is -0.133. The van der Waals surface area contributed by atoms with E-state index in [2.05, 4.69) is 0 Å². The van der Waals surface area contributed by atoms with Gasteiger partial charge < -0.3 is 5.11 Å². The molecule has 1 fully saturated rings. The number of hydrogen-bond acceptors (Lipinski definition) is 2. The number of Topliss-reactive ketones (excluding diaryl/α,β-unsaturated/α-hetero) is 1. The first kappa shape index (κ1) is 8.72. The monoisotopic (exact) mass is 156 g/mol. The van der Waals surface area contributed by atoms with Crippen LogP contribution < -0.4 is 0 Å². The largest absolute Gasteiger partial charge is 0.385 e. The predicted molar refractivity (Wildman–Crippen MR) is 43.2 cm³/mol. The highest BCUT2D eigenvalue weighted by atomic mass is 16.3. The van der Waals surface area contributed by atoms with Crippen LogP contribution in [0.25, 0.3) is 0 Å². The predicted octanol–water partition coefficient (Wildman–Crippen LogP) is 1.37. The van der Waals surface area contributed by atoms with Gasteiger partial charge in [0.25, 0.3) is 0 Å². The fourth-order valence-corrected chi connectivity index (χ4v) is 1.02. The van der Waals surface area contributed by atoms with Crippen LogP contribution in [0.5, 0.6) is 0 Å². The minimum Gasteiger partial charge on any atom is -0.385 e. The Morgan fingerprint density at radius 2 is 1.91 bits per heavy atom. The van der Waals surface area contributed by atoms with Crippen molar-refractivity contribution in [3.05, 3.63) is 0 Å². The Hall–Kier alpha value is -0.370. The first-order valence-corrected chi connectivity index (χ1v) is 4.14. The highest BCUT2D eigenvalue weighted by Crippen LogP contribution is 2.34. The highest BCUT2D eigenvalue weighted by molar-refractivity contribution is 5.87. The summed E-state index contributed by atoms with van der Waals surface area (Å²) in [6.45, 7) is 5.66. The summed E-state index contributed by atoms with van der Waals surface area (Å²) in [4.78, 5) is 11.3. The van der Waals surface area contributed by atoms with E-state index >= 15 is 0 Å². The summed E-state index contributed by atoms with van der Waals surface area (Å²) in [7, 11) is 0. The van der Waals surface area contributed by atoms with E-state index in [9.17, 15) is 9.90 Å². The minimum atomic E-state index is -0.769. The lowest BCUT2D eigenvalue weighted by atomic mass is 9.85. The lowest BCUT2D eigenvalue weighted by Gasteiger charge is -2.24. The number of aliphatic hydroxyl groups is 1. The molecule has 0 aromatic carbocycles. The summed E-state index contributed by atoms with van der Waals surface area (Å²) in [5, 5.41) is 9.52. The highest BCUT2D eigenvalue weighted by Gasteiger charge is 2.38. The molecular formula is C9H16O2. The smallest absolute Gasteiger partial charge is 0.164 e. The summed E-state index contributed by atoms with van der Waals surface area (Å²) < 4.78 is 0. The molecule has 0 radical (unpaired) electrons. The van der Waals surface area contributed by atoms with Gasteiger partial charge in [-0.25, -0.2) is 0 Å². The lowest BCUT2D eigenvalue weighted by Crippen LogP contribution is -2.35. The first-order valence-electron chi connectivity index (χ1n) is 4.14. The molecule has 11 heavy (non-hydrogen) atoms. The van der Waals surface area contributed by atoms with Gasteiger partial charge >= 0.3 is 0 Å². The Kier molecular flexibility index (Phi) is 2.06. The van der Waals surface area contributed by atoms with Crippen molar-refractivity contribution >= 4 is 5.78 Å². The van der Waals surface area contributed by atoms with Gasteiger partial charge in [0.05, 0.1) is 0 Å². The van der Waals surface area contributed by atoms with E-state index in [1.807, 2.05) is 20.8 Å². The number of hydrogen-bond donors (Lipinski definition) is 1. The number of rotatable bonds is 2. The van der Waals surface area contributed by atoms with Crippen molar-refractivity contribution in [3.63, 3.8) is 0 Å². The second-order valence-electron chi connectivity index (χ2n) is 4.45. The molecule has 0 aromatic rings. The van der Waals surface area contributed by atoms with Crippen LogP contribution in [-0.4, -0.2) is 17.0 Å². The van der Waals surface area contributed by atoms with Crippen molar-refractivity contribution in [2.24, 2.45) is 11.3 Å². The molecule has 0 aromatic heterocycles. The molecule has 1 aliphatic rings. The van der Waals surface area contributed by atoms with Gasteiger partial charge in [0.1, 0.15) is 6.10 Å². The maximum absolute atomic E-state index is 11.3. The van der Waals surface area contributed by atoms with Gasteiger partial charge in [0, 0.05) is 5.92 Å². The Bertz CT molecular complexity index is 163. The SMILES string of the molecule is CC(C)(C)C(O)C(=O)C1CC1. The molecule has 0 bridgehead atoms. The van der Waals surface area contributed by atoms with Gasteiger partial charge in [0.2, 0.25) is 0 Å². The molecule has 0 heterocycles. The van der Waals surface area contributed by atoms with E-state index in [0.717, 1.165) is 12.8 Å². The first-order chi connectivity index (χ1) is 4.93. The van der Waals surface area contributed by atoms with E-state index in [0.29, 0.717) is 0 Å². The Morgan fingerprint density at radius 1 is 1.45 bits per heavy atom. The molecule has 1 aliphatic carbocycles. The van der Waals surface area contributed by atoms with Crippen molar-refractivity contribution in [1.82, 2.24) is 0 Å². The standard InChI is InChI=1S/C9H16O2/c1-9(2,3)8(11)7(10)6-4-5-6/h6,8,11H,4-5H2,1-3H3. The Morgan fingerprint density at radius 3 is 2.18 bits per heavy atom. The van der Waals surface area contributed by atoms with Gasteiger partial charge in [-0.15, -0.1) is 0 Å². The molecule has 1 rings (SSSR count). The number of carbonyl (C=O) groups excluding carboxylic acids is 1. The van der Waals surface area contributed by atoms with Crippen LogP contribution in [0.4, 0.5) is 0 Å². The van der Waals surface area contributed by atoms with Gasteiger partial charge in [-0.2, -0.15) is 0 Å². The van der Waals surface area contributed by atoms with Gasteiger partial charge in [-0.05, 0) is 18.3 Å². The van der Waals surface area contributed by atoms with E-state index in [4.69, 9.17) is 0 Å². The molecule has 2 nitrogen and oxygen atoms in total. The van der Waals surface area contributed by atoms with Crippen LogP contribution in [0, 0.1) is 11.3 Å². The third-order valence-electron chi connectivity index (χ3n) is 2.07. The molecule has 64 valence electrons. The average molecular weight is 156 g/mol. The van der Waals surface area contributed by atoms with Crippen molar-refractivity contribution in [2.45, 2.75) is 39.7 Å². The van der Waals surface area contributed by atoms with Crippen LogP contribution in [-0.2, 0) is 4.79 Å². The van der Waals surface area contributed by atoms with Crippen molar-refractivity contribution in [3.8, 4) is 0 Å². The van der Waals surface area contributed by atoms with Crippen molar-refractivity contribution < 1.29 is 9.90 Å². The van der Waals surface area contributed by atoms with Crippen LogP contribution in [0.3, 0.4) is 0 Å². The second kappa shape index (κ2) is 2.59. The fourth-order valence-electron chi connectivity index (χ4n) is 1.02. The molecule has 0 spiro atoms. The second-order valence-corrected chi connectivity index (χ2v) is 4.45. The maximum Gasteiger partial charge on any atom is 0.164 e. The summed E-state index contributed by atoms with van der Waals surface area (Å²) in [6, 6.07) is 0. The maximum atomic E-state index is 11.3. The van der Waals surface area contributed by atoms with Crippen LogP contribution in [0.2, 0.25) is 0 Å². The number of carbonyl (C=O) groups is 1. The topological polar surface area (TPSA) is 37.3 Å². The van der Waals surface area contributed by atoms with E-state index < -0.39 is 6.10 Å². The fraction of sp³-hybridized carbons (Fsp3) is 0.889. The summed E-state index contributed by atoms with van der Waals surface area (Å²) in [5.74, 6) is 0.210. The zero-order valence-electron chi connectivity index (χ0n) is 7.42. The molecule has 0 amide bonds. The molecule has 1 atom stereocenters. The summed E-state index contributed by atoms with van der Waals surface area (Å²) in [5.41, 5.74) is -0.292. The molecule has 0 aliphatic heterocycles. The van der Waals surface area contributed by atoms with Crippen molar-refractivity contribution in [2.75, 3.05) is 0 Å². The average Bonchev–Trinajstić information content (AvgIpc) is 2.63. The normalized spacial score (nSPS) is 21.5. The minimum absolute atomic E-state index is 0.0394. The number of ketones is 1. The van der Waals surface area contributed by atoms with Gasteiger partial charge in [-0.1, -0.05) is 20.8 Å². The molecule has 0 saturated heterocycles. The third-order valence-corrected chi connectivity index (χ3v) is 2.07. The third kappa shape index (κ3) is 2.03. The van der Waals surface area contributed by atoms with E-state index in [1.165, 1.54) is 0 Å². The molecule has 1 unspecified atom stereocenters. The Balaban J connectivity index is 2.52. The van der Waals surface area contributed by atoms with E-state index in [-0.39, 0.29) is 17.1 Å². The van der Waals surface area contributed by atoms with Gasteiger partial charge in [-0.3, -0.25) is 4.79 Å². The quantitative estimate of drug-likeness (QED) is 0.655. The summed E-state index contributed by atoms with van der Waals surface area (Å²) >= 11 is 0.